The highest BCUT2D eigenvalue weighted by molar-refractivity contribution is 5.84. The van der Waals surface area contributed by atoms with Gasteiger partial charge in [-0.2, -0.15) is 0 Å². The lowest BCUT2D eigenvalue weighted by Crippen LogP contribution is -2.61. The Kier molecular flexibility index (Phi) is 22.7. The summed E-state index contributed by atoms with van der Waals surface area (Å²) in [7, 11) is 5.43. The average molecular weight is 771 g/mol. The number of hydrogen-bond acceptors (Lipinski definition) is 9. The molecule has 0 saturated heterocycles. The predicted octanol–water partition coefficient (Wildman–Crippen LogP) is 6.33. The van der Waals surface area contributed by atoms with E-state index < -0.39 is 5.60 Å². The summed E-state index contributed by atoms with van der Waals surface area (Å²) in [5.41, 5.74) is 0.0969. The number of carbonyl (C=O) groups excluding carboxylic acids is 4. The highest BCUT2D eigenvalue weighted by atomic mass is 16.5. The molecule has 0 radical (unpaired) electrons. The number of methoxy groups -OCH3 is 2. The second-order valence-corrected chi connectivity index (χ2v) is 19.2. The third kappa shape index (κ3) is 20.6. The molecule has 4 aliphatic carbocycles. The fourth-order valence-corrected chi connectivity index (χ4v) is 8.82. The first kappa shape index (κ1) is 51.7. The molecule has 3 amide bonds. The number of nitrogens with one attached hydrogen (secondary N) is 4. The average Bonchev–Trinajstić information content (AvgIpc) is 3.02. The van der Waals surface area contributed by atoms with Gasteiger partial charge >= 0.3 is 0 Å². The molecular weight excluding hydrogens is 688 g/mol. The Hall–Kier alpha value is -2.28. The van der Waals surface area contributed by atoms with E-state index in [1.54, 1.807) is 28.1 Å². The Balaban J connectivity index is 0.000000893. The summed E-state index contributed by atoms with van der Waals surface area (Å²) in [5, 5.41) is 12.3. The van der Waals surface area contributed by atoms with Crippen molar-refractivity contribution in [1.82, 2.24) is 21.3 Å². The van der Waals surface area contributed by atoms with Crippen molar-refractivity contribution < 1.29 is 38.1 Å². The maximum Gasteiger partial charge on any atom is 0.293 e. The molecule has 2 bridgehead atoms. The van der Waals surface area contributed by atoms with Gasteiger partial charge in [0.15, 0.2) is 0 Å². The van der Waals surface area contributed by atoms with Crippen molar-refractivity contribution >= 4 is 25.2 Å². The van der Waals surface area contributed by atoms with Gasteiger partial charge in [-0.1, -0.05) is 27.7 Å². The number of fused-ring (bicyclic) bond motifs is 2. The SMILES string of the molecule is CC(C)OC=O.CNCC1(C)CC(NC=O)CC(C)(C)C1.COC(C)(C)CCCCOC(C)(C)C(=O)NC1CC2(C)CC(CNC=O)(C1)C2.COC(C)C. The van der Waals surface area contributed by atoms with E-state index in [1.165, 1.54) is 6.42 Å². The van der Waals surface area contributed by atoms with Crippen molar-refractivity contribution in [3.05, 3.63) is 0 Å². The van der Waals surface area contributed by atoms with Gasteiger partial charge in [0.25, 0.3) is 12.4 Å². The van der Waals surface area contributed by atoms with E-state index in [2.05, 4.69) is 67.5 Å². The zero-order valence-electron chi connectivity index (χ0n) is 37.0. The van der Waals surface area contributed by atoms with Crippen LogP contribution in [0.15, 0.2) is 0 Å². The third-order valence-electron chi connectivity index (χ3n) is 10.8. The second kappa shape index (κ2) is 23.7. The van der Waals surface area contributed by atoms with Crippen molar-refractivity contribution in [1.29, 1.82) is 0 Å². The normalized spacial score (nSPS) is 26.9. The fourth-order valence-electron chi connectivity index (χ4n) is 8.82. The van der Waals surface area contributed by atoms with Gasteiger partial charge in [0.05, 0.1) is 17.8 Å². The van der Waals surface area contributed by atoms with Crippen LogP contribution in [0.3, 0.4) is 0 Å². The standard InChI is InChI=1S/C22H40N2O4.C12H24N2O.C4H8O2.C4H10O/c1-19(2,27-6)9-7-8-10-28-20(3,4)18(26)24-17-11-21(5)13-22(12-17,14-21)15-23-16-25;1-11(2)5-10(14-9-15)6-12(3,7-11)8-13-4;1-4(2)6-3-5;1-4(2)5-3/h16-17H,7-15H2,1-6H3,(H,23,25)(H,24,26);9-10,13H,5-8H2,1-4H3,(H,14,15);3-4H,1-2H3;4H,1-3H3. The van der Waals surface area contributed by atoms with E-state index in [4.69, 9.17) is 14.2 Å². The summed E-state index contributed by atoms with van der Waals surface area (Å²) in [6, 6.07) is 0.489. The second-order valence-electron chi connectivity index (χ2n) is 19.2. The Morgan fingerprint density at radius 3 is 1.89 bits per heavy atom. The first-order chi connectivity index (χ1) is 24.9. The van der Waals surface area contributed by atoms with Gasteiger partial charge in [-0.3, -0.25) is 19.2 Å². The Morgan fingerprint density at radius 1 is 0.815 bits per heavy atom. The highest BCUT2D eigenvalue weighted by Gasteiger charge is 2.57. The smallest absolute Gasteiger partial charge is 0.293 e. The van der Waals surface area contributed by atoms with Crippen LogP contribution in [0.25, 0.3) is 0 Å². The number of hydrogen-bond donors (Lipinski definition) is 4. The van der Waals surface area contributed by atoms with Gasteiger partial charge in [0.1, 0.15) is 5.60 Å². The van der Waals surface area contributed by atoms with E-state index in [0.717, 1.165) is 77.2 Å². The lowest BCUT2D eigenvalue weighted by atomic mass is 9.45. The molecule has 3 atom stereocenters. The number of rotatable bonds is 19. The monoisotopic (exact) mass is 771 g/mol. The van der Waals surface area contributed by atoms with Gasteiger partial charge in [-0.05, 0) is 148 Å². The predicted molar refractivity (Wildman–Crippen MR) is 217 cm³/mol. The zero-order valence-corrected chi connectivity index (χ0v) is 37.0. The number of ether oxygens (including phenoxy) is 4. The summed E-state index contributed by atoms with van der Waals surface area (Å²) in [6.45, 7) is 27.4. The van der Waals surface area contributed by atoms with E-state index in [0.29, 0.717) is 42.6 Å². The van der Waals surface area contributed by atoms with Crippen LogP contribution in [0.5, 0.6) is 0 Å². The molecule has 3 unspecified atom stereocenters. The molecule has 4 fully saturated rings. The van der Waals surface area contributed by atoms with Crippen LogP contribution in [-0.4, -0.2) is 102 Å². The van der Waals surface area contributed by atoms with E-state index in [1.807, 2.05) is 34.7 Å². The Labute approximate surface area is 329 Å². The van der Waals surface area contributed by atoms with Gasteiger partial charge in [-0.15, -0.1) is 0 Å². The fraction of sp³-hybridized carbons (Fsp3) is 0.905. The topological polar surface area (TPSA) is 153 Å². The highest BCUT2D eigenvalue weighted by Crippen LogP contribution is 2.63. The van der Waals surface area contributed by atoms with Crippen LogP contribution in [0, 0.1) is 21.7 Å². The first-order valence-electron chi connectivity index (χ1n) is 20.0. The zero-order chi connectivity index (χ0) is 41.9. The molecule has 0 spiro atoms. The Bertz CT molecular complexity index is 1090. The minimum absolute atomic E-state index is 0.0301. The van der Waals surface area contributed by atoms with Crippen molar-refractivity contribution in [2.45, 2.75) is 183 Å². The van der Waals surface area contributed by atoms with Crippen LogP contribution in [0.2, 0.25) is 0 Å². The minimum Gasteiger partial charge on any atom is -0.465 e. The van der Waals surface area contributed by atoms with Crippen LogP contribution in [0.4, 0.5) is 0 Å². The van der Waals surface area contributed by atoms with Crippen LogP contribution < -0.4 is 21.3 Å². The summed E-state index contributed by atoms with van der Waals surface area (Å²) in [6.07, 6.45) is 12.5. The van der Waals surface area contributed by atoms with Gasteiger partial charge < -0.3 is 40.2 Å². The molecule has 0 aromatic rings. The van der Waals surface area contributed by atoms with Crippen molar-refractivity contribution in [2.75, 3.05) is 41.0 Å². The molecule has 0 aromatic carbocycles. The quantitative estimate of drug-likeness (QED) is 0.0872. The molecule has 0 aromatic heterocycles. The molecule has 0 aliphatic heterocycles. The van der Waals surface area contributed by atoms with Gasteiger partial charge in [0.2, 0.25) is 12.8 Å². The molecule has 0 heterocycles. The summed E-state index contributed by atoms with van der Waals surface area (Å²) < 4.78 is 20.5. The van der Waals surface area contributed by atoms with E-state index in [-0.39, 0.29) is 34.5 Å². The maximum atomic E-state index is 12.8. The number of unbranched alkanes of at least 4 members (excludes halogenated alkanes) is 1. The Morgan fingerprint density at radius 2 is 1.43 bits per heavy atom. The van der Waals surface area contributed by atoms with E-state index >= 15 is 0 Å². The number of amides is 3. The molecule has 4 saturated carbocycles. The van der Waals surface area contributed by atoms with Crippen molar-refractivity contribution in [2.24, 2.45) is 21.7 Å². The molecule has 4 N–H and O–H groups in total. The lowest BCUT2D eigenvalue weighted by Gasteiger charge is -2.62. The van der Waals surface area contributed by atoms with Crippen LogP contribution in [-0.2, 0) is 38.1 Å². The summed E-state index contributed by atoms with van der Waals surface area (Å²) in [4.78, 5) is 43.4. The van der Waals surface area contributed by atoms with Crippen LogP contribution in [0.1, 0.15) is 147 Å². The molecule has 12 nitrogen and oxygen atoms in total. The molecule has 4 aliphatic rings. The molecule has 54 heavy (non-hydrogen) atoms. The van der Waals surface area contributed by atoms with Gasteiger partial charge in [0, 0.05) is 46.0 Å². The largest absolute Gasteiger partial charge is 0.465 e. The van der Waals surface area contributed by atoms with Gasteiger partial charge in [-0.25, -0.2) is 0 Å². The summed E-state index contributed by atoms with van der Waals surface area (Å²) >= 11 is 0. The molecule has 318 valence electrons. The minimum atomic E-state index is -0.840. The number of carbonyl (C=O) groups is 4. The maximum absolute atomic E-state index is 12.8. The van der Waals surface area contributed by atoms with E-state index in [9.17, 15) is 19.2 Å². The van der Waals surface area contributed by atoms with Crippen molar-refractivity contribution in [3.63, 3.8) is 0 Å². The molecule has 12 heteroatoms. The van der Waals surface area contributed by atoms with Crippen molar-refractivity contribution in [3.8, 4) is 0 Å². The molecule has 4 rings (SSSR count). The summed E-state index contributed by atoms with van der Waals surface area (Å²) in [5.74, 6) is -0.0434. The van der Waals surface area contributed by atoms with Crippen LogP contribution >= 0.6 is 0 Å². The lowest BCUT2D eigenvalue weighted by molar-refractivity contribution is -0.148. The molecular formula is C42H82N4O8. The first-order valence-corrected chi connectivity index (χ1v) is 20.0. The third-order valence-corrected chi connectivity index (χ3v) is 10.8.